The van der Waals surface area contributed by atoms with Crippen LogP contribution in [0.15, 0.2) is 55.1 Å². The lowest BCUT2D eigenvalue weighted by molar-refractivity contribution is -0.138. The molecule has 4 aliphatic rings. The van der Waals surface area contributed by atoms with Gasteiger partial charge in [0.25, 0.3) is 11.6 Å². The summed E-state index contributed by atoms with van der Waals surface area (Å²) in [5, 5.41) is 16.8. The van der Waals surface area contributed by atoms with Crippen molar-refractivity contribution in [3.63, 3.8) is 0 Å². The third kappa shape index (κ3) is 11.2. The molecule has 4 aliphatic heterocycles. The zero-order valence-electron chi connectivity index (χ0n) is 48.6. The van der Waals surface area contributed by atoms with Gasteiger partial charge in [-0.3, -0.25) is 9.80 Å². The molecule has 4 fully saturated rings. The van der Waals surface area contributed by atoms with Crippen LogP contribution in [-0.4, -0.2) is 144 Å². The van der Waals surface area contributed by atoms with Crippen molar-refractivity contribution in [2.75, 3.05) is 49.2 Å². The molecule has 0 radical (unpaired) electrons. The summed E-state index contributed by atoms with van der Waals surface area (Å²) < 4.78 is 115. The number of aromatic nitrogens is 12. The number of benzene rings is 2. The SMILES string of the molecule is Cc1nc2c(N3C[C@@H](C)N(C(c4ccc(C(F)(F)F)cc4)C(C)C)C[C@@H]3C)nc3nncn3c2n1C[C@@H]1CCCO1.Cc1nc2c(N3C[C@@H](C)N(C(c4ccc(C(F)(F)F)cc4F)C(C)C)C[C@@H]3C)nc3nncn3c2n1C[C@@H]1CCCO1. The number of alkyl halides is 6. The summed E-state index contributed by atoms with van der Waals surface area (Å²) in [5.41, 5.74) is 2.91. The molecule has 0 bridgehead atoms. The Balaban J connectivity index is 0.000000174. The number of hydrogen-bond acceptors (Lipinski definition) is 14. The Morgan fingerprint density at radius 3 is 1.42 bits per heavy atom. The molecule has 0 saturated carbocycles. The van der Waals surface area contributed by atoms with Crippen molar-refractivity contribution in [3.05, 3.63) is 94.8 Å². The van der Waals surface area contributed by atoms with E-state index in [1.165, 1.54) is 18.2 Å². The number of aryl methyl sites for hydroxylation is 2. The monoisotopic (exact) mass is 1160 g/mol. The normalized spacial score (nSPS) is 23.2. The minimum absolute atomic E-state index is 0.0169. The standard InChI is InChI=1S/C29H36F4N8O.C29H37F3N8O/c1-16(2)25(22-9-8-20(11-23(22)30)29(31,32)33)38-12-18(4)39(13-17(38)3)26-24-27(41-15-34-37-28(41)36-26)40(19(5)35-24)14-21-7-6-10-42-21;1-17(2)25(21-8-10-22(11-9-21)29(30,31)32)37-13-19(4)38(14-18(37)3)26-24-27(40-16-33-36-28(40)35-26)39(20(5)34-24)15-23-7-6-12-41-23/h8-9,11,15-18,21,25H,6-7,10,12-14H2,1-5H3;8-11,16-19,23,25H,6-7,12-15H2,1-5H3/t17-,18+,21+,25?;18-,19+,23+,25?/m11/s1. The van der Waals surface area contributed by atoms with Gasteiger partial charge in [0.05, 0.1) is 36.4 Å². The van der Waals surface area contributed by atoms with Gasteiger partial charge in [-0.05, 0) is 109 Å². The van der Waals surface area contributed by atoms with E-state index in [0.717, 1.165) is 96.9 Å². The van der Waals surface area contributed by atoms with Gasteiger partial charge in [0, 0.05) is 81.2 Å². The number of fused-ring (bicyclic) bond motifs is 6. The summed E-state index contributed by atoms with van der Waals surface area (Å²) in [6.45, 7) is 26.1. The van der Waals surface area contributed by atoms with Crippen molar-refractivity contribution >= 4 is 45.5 Å². The van der Waals surface area contributed by atoms with Crippen LogP contribution in [0.3, 0.4) is 0 Å². The Morgan fingerprint density at radius 1 is 0.566 bits per heavy atom. The van der Waals surface area contributed by atoms with Crippen LogP contribution in [0, 0.1) is 31.5 Å². The molecule has 8 atom stereocenters. The first-order chi connectivity index (χ1) is 39.5. The Hall–Kier alpha value is -6.57. The molecule has 0 N–H and O–H groups in total. The van der Waals surface area contributed by atoms with Crippen LogP contribution in [0.1, 0.15) is 127 Å². The predicted octanol–water partition coefficient (Wildman–Crippen LogP) is 10.7. The molecule has 6 aromatic heterocycles. The van der Waals surface area contributed by atoms with Crippen LogP contribution in [0.5, 0.6) is 0 Å². The van der Waals surface area contributed by atoms with Crippen LogP contribution in [0.2, 0.25) is 0 Å². The first-order valence-electron chi connectivity index (χ1n) is 28.9. The van der Waals surface area contributed by atoms with Crippen molar-refractivity contribution in [2.45, 2.75) is 169 Å². The fourth-order valence-corrected chi connectivity index (χ4v) is 13.3. The van der Waals surface area contributed by atoms with Crippen molar-refractivity contribution in [3.8, 4) is 0 Å². The first kappa shape index (κ1) is 58.2. The summed E-state index contributed by atoms with van der Waals surface area (Å²) in [7, 11) is 0. The lowest BCUT2D eigenvalue weighted by atomic mass is 9.90. The smallest absolute Gasteiger partial charge is 0.376 e. The second kappa shape index (κ2) is 22.8. The topological polar surface area (TPSA) is 153 Å². The molecule has 10 heterocycles. The van der Waals surface area contributed by atoms with Crippen LogP contribution in [0.4, 0.5) is 42.4 Å². The maximum Gasteiger partial charge on any atom is 0.416 e. The van der Waals surface area contributed by atoms with Crippen molar-refractivity contribution in [1.82, 2.24) is 68.1 Å². The zero-order valence-corrected chi connectivity index (χ0v) is 48.6. The Labute approximate surface area is 477 Å². The average Bonchev–Trinajstić information content (AvgIpc) is 2.41. The van der Waals surface area contributed by atoms with Gasteiger partial charge in [-0.25, -0.2) is 23.2 Å². The maximum absolute atomic E-state index is 15.2. The van der Waals surface area contributed by atoms with Gasteiger partial charge in [-0.15, -0.1) is 20.4 Å². The minimum atomic E-state index is -4.60. The first-order valence-corrected chi connectivity index (χ1v) is 28.9. The number of ether oxygens (including phenoxy) is 2. The summed E-state index contributed by atoms with van der Waals surface area (Å²) in [5.74, 6) is 3.56. The second-order valence-electron chi connectivity index (χ2n) is 23.9. The lowest BCUT2D eigenvalue weighted by Gasteiger charge is -2.49. The molecule has 0 aliphatic carbocycles. The van der Waals surface area contributed by atoms with E-state index in [1.54, 1.807) is 24.8 Å². The second-order valence-corrected chi connectivity index (χ2v) is 23.9. The largest absolute Gasteiger partial charge is 0.416 e. The van der Waals surface area contributed by atoms with E-state index in [-0.39, 0.29) is 59.8 Å². The van der Waals surface area contributed by atoms with E-state index < -0.39 is 35.3 Å². The van der Waals surface area contributed by atoms with Crippen LogP contribution < -0.4 is 9.80 Å². The lowest BCUT2D eigenvalue weighted by Crippen LogP contribution is -2.58. The fourth-order valence-electron chi connectivity index (χ4n) is 13.3. The molecule has 25 heteroatoms. The highest BCUT2D eigenvalue weighted by Gasteiger charge is 2.41. The van der Waals surface area contributed by atoms with Gasteiger partial charge in [0.1, 0.15) is 41.2 Å². The van der Waals surface area contributed by atoms with Crippen molar-refractivity contribution in [2.24, 2.45) is 11.8 Å². The van der Waals surface area contributed by atoms with Gasteiger partial charge in [-0.1, -0.05) is 45.9 Å². The molecule has 2 aromatic carbocycles. The Kier molecular flexibility index (Phi) is 16.0. The van der Waals surface area contributed by atoms with E-state index in [2.05, 4.69) is 90.7 Å². The third-order valence-electron chi connectivity index (χ3n) is 17.3. The molecule has 0 amide bonds. The van der Waals surface area contributed by atoms with E-state index >= 15 is 4.39 Å². The predicted molar refractivity (Wildman–Crippen MR) is 300 cm³/mol. The van der Waals surface area contributed by atoms with Gasteiger partial charge in [0.15, 0.2) is 22.9 Å². The quantitative estimate of drug-likeness (QED) is 0.107. The molecule has 446 valence electrons. The van der Waals surface area contributed by atoms with Gasteiger partial charge < -0.3 is 28.4 Å². The molecule has 18 nitrogen and oxygen atoms in total. The fraction of sp³-hybridized carbons (Fsp3) is 0.586. The van der Waals surface area contributed by atoms with Crippen molar-refractivity contribution in [1.29, 1.82) is 0 Å². The van der Waals surface area contributed by atoms with E-state index in [0.29, 0.717) is 56.2 Å². The molecule has 4 saturated heterocycles. The van der Waals surface area contributed by atoms with Crippen LogP contribution >= 0.6 is 0 Å². The zero-order chi connectivity index (χ0) is 59.0. The molecular formula is C58H73F7N16O2. The molecule has 12 rings (SSSR count). The molecular weight excluding hydrogens is 1090 g/mol. The van der Waals surface area contributed by atoms with Gasteiger partial charge in [0.2, 0.25) is 0 Å². The van der Waals surface area contributed by atoms with Crippen LogP contribution in [-0.2, 0) is 34.9 Å². The highest BCUT2D eigenvalue weighted by molar-refractivity contribution is 5.88. The highest BCUT2D eigenvalue weighted by atomic mass is 19.4. The molecule has 2 unspecified atom stereocenters. The molecule has 8 aromatic rings. The Bertz CT molecular complexity index is 3580. The number of hydrogen-bond donors (Lipinski definition) is 0. The van der Waals surface area contributed by atoms with Gasteiger partial charge >= 0.3 is 12.4 Å². The number of nitrogens with zero attached hydrogens (tertiary/aromatic N) is 16. The van der Waals surface area contributed by atoms with Crippen LogP contribution in [0.25, 0.3) is 33.9 Å². The number of imidazole rings is 2. The molecule has 0 spiro atoms. The Morgan fingerprint density at radius 2 is 1.01 bits per heavy atom. The summed E-state index contributed by atoms with van der Waals surface area (Å²) in [6, 6.07) is 8.19. The van der Waals surface area contributed by atoms with Gasteiger partial charge in [-0.2, -0.15) is 36.3 Å². The third-order valence-corrected chi connectivity index (χ3v) is 17.3. The summed E-state index contributed by atoms with van der Waals surface area (Å²) >= 11 is 0. The molecule has 83 heavy (non-hydrogen) atoms. The van der Waals surface area contributed by atoms with E-state index in [9.17, 15) is 26.3 Å². The van der Waals surface area contributed by atoms with Crippen molar-refractivity contribution < 1.29 is 40.2 Å². The number of rotatable bonds is 12. The number of piperazine rings is 2. The van der Waals surface area contributed by atoms with E-state index in [4.69, 9.17) is 29.4 Å². The van der Waals surface area contributed by atoms with E-state index in [1.807, 2.05) is 36.5 Å². The summed E-state index contributed by atoms with van der Waals surface area (Å²) in [4.78, 5) is 28.9. The minimum Gasteiger partial charge on any atom is -0.376 e. The number of halogens is 7. The summed E-state index contributed by atoms with van der Waals surface area (Å²) in [6.07, 6.45) is -1.23. The number of anilines is 2. The maximum atomic E-state index is 15.2. The highest BCUT2D eigenvalue weighted by Crippen LogP contribution is 2.41. The average molecular weight is 1160 g/mol.